The van der Waals surface area contributed by atoms with Crippen LogP contribution in [0.4, 0.5) is 0 Å². The van der Waals surface area contributed by atoms with E-state index in [1.165, 1.54) is 12.0 Å². The molecule has 0 saturated heterocycles. The van der Waals surface area contributed by atoms with E-state index < -0.39 is 0 Å². The molecule has 1 aromatic carbocycles. The largest absolute Gasteiger partial charge is 0.350 e. The zero-order chi connectivity index (χ0) is 17.6. The van der Waals surface area contributed by atoms with Gasteiger partial charge in [-0.25, -0.2) is 0 Å². The van der Waals surface area contributed by atoms with Gasteiger partial charge >= 0.3 is 0 Å². The maximum absolute atomic E-state index is 12.6. The number of benzene rings is 1. The van der Waals surface area contributed by atoms with Crippen LogP contribution in [0.1, 0.15) is 43.7 Å². The minimum atomic E-state index is 0.0744. The minimum absolute atomic E-state index is 0.0744. The second kappa shape index (κ2) is 8.03. The van der Waals surface area contributed by atoms with Crippen molar-refractivity contribution in [2.45, 2.75) is 45.6 Å². The molecule has 1 saturated carbocycles. The van der Waals surface area contributed by atoms with E-state index in [-0.39, 0.29) is 11.8 Å². The Labute approximate surface area is 150 Å². The molecule has 1 unspecified atom stereocenters. The molecule has 1 aromatic rings. The molecule has 2 nitrogen and oxygen atoms in total. The summed E-state index contributed by atoms with van der Waals surface area (Å²) in [6.07, 6.45) is 12.4. The van der Waals surface area contributed by atoms with Crippen molar-refractivity contribution in [2.75, 3.05) is 0 Å². The Balaban J connectivity index is 1.78. The van der Waals surface area contributed by atoms with Crippen LogP contribution in [0.5, 0.6) is 0 Å². The summed E-state index contributed by atoms with van der Waals surface area (Å²) < 4.78 is 0. The van der Waals surface area contributed by atoms with Crippen LogP contribution in [0.25, 0.3) is 0 Å². The highest BCUT2D eigenvalue weighted by atomic mass is 16.1. The molecule has 0 spiro atoms. The lowest BCUT2D eigenvalue weighted by molar-refractivity contribution is -0.119. The first-order valence-corrected chi connectivity index (χ1v) is 9.15. The van der Waals surface area contributed by atoms with Gasteiger partial charge in [0.25, 0.3) is 0 Å². The first-order valence-electron chi connectivity index (χ1n) is 9.15. The van der Waals surface area contributed by atoms with E-state index >= 15 is 0 Å². The van der Waals surface area contributed by atoms with Gasteiger partial charge in [0, 0.05) is 28.7 Å². The Bertz CT molecular complexity index is 797. The van der Waals surface area contributed by atoms with Crippen molar-refractivity contribution < 1.29 is 4.79 Å². The first kappa shape index (κ1) is 17.3. The van der Waals surface area contributed by atoms with E-state index in [4.69, 9.17) is 0 Å². The summed E-state index contributed by atoms with van der Waals surface area (Å²) in [5, 5.41) is 3.15. The Morgan fingerprint density at radius 1 is 1.24 bits per heavy atom. The van der Waals surface area contributed by atoms with E-state index in [1.807, 2.05) is 30.4 Å². The first-order chi connectivity index (χ1) is 12.2. The fourth-order valence-electron chi connectivity index (χ4n) is 3.05. The zero-order valence-corrected chi connectivity index (χ0v) is 15.0. The average molecular weight is 331 g/mol. The predicted octanol–water partition coefficient (Wildman–Crippen LogP) is 4.46. The number of nitrogens with one attached hydrogen (secondary N) is 1. The van der Waals surface area contributed by atoms with Crippen molar-refractivity contribution >= 4 is 5.91 Å². The molecule has 0 radical (unpaired) electrons. The number of allylic oxidation sites excluding steroid dienone is 5. The van der Waals surface area contributed by atoms with Crippen LogP contribution in [0.2, 0.25) is 0 Å². The van der Waals surface area contributed by atoms with Crippen LogP contribution in [0.15, 0.2) is 59.7 Å². The second-order valence-electron chi connectivity index (χ2n) is 6.84. The van der Waals surface area contributed by atoms with Crippen molar-refractivity contribution in [1.82, 2.24) is 5.32 Å². The summed E-state index contributed by atoms with van der Waals surface area (Å²) in [6, 6.07) is 8.55. The van der Waals surface area contributed by atoms with E-state index in [0.29, 0.717) is 6.04 Å². The third-order valence-corrected chi connectivity index (χ3v) is 4.86. The van der Waals surface area contributed by atoms with E-state index in [1.54, 1.807) is 0 Å². The Hall–Kier alpha value is -2.53. The van der Waals surface area contributed by atoms with Crippen molar-refractivity contribution in [2.24, 2.45) is 5.92 Å². The van der Waals surface area contributed by atoms with Crippen LogP contribution in [0, 0.1) is 24.7 Å². The second-order valence-corrected chi connectivity index (χ2v) is 6.84. The van der Waals surface area contributed by atoms with Crippen molar-refractivity contribution in [3.63, 3.8) is 0 Å². The summed E-state index contributed by atoms with van der Waals surface area (Å²) >= 11 is 0. The molecule has 1 fully saturated rings. The monoisotopic (exact) mass is 331 g/mol. The lowest BCUT2D eigenvalue weighted by atomic mass is 9.91. The van der Waals surface area contributed by atoms with E-state index in [0.717, 1.165) is 36.0 Å². The van der Waals surface area contributed by atoms with Crippen molar-refractivity contribution in [3.8, 4) is 11.8 Å². The summed E-state index contributed by atoms with van der Waals surface area (Å²) in [6.45, 7) is 4.18. The summed E-state index contributed by atoms with van der Waals surface area (Å²) in [5.41, 5.74) is 4.00. The fraction of sp³-hybridized carbons (Fsp3) is 0.348. The smallest absolute Gasteiger partial charge is 0.248 e. The Morgan fingerprint density at radius 3 is 2.76 bits per heavy atom. The molecular formula is C23H25NO. The number of rotatable bonds is 3. The van der Waals surface area contributed by atoms with Crippen LogP contribution in [-0.4, -0.2) is 11.9 Å². The quantitative estimate of drug-likeness (QED) is 0.814. The van der Waals surface area contributed by atoms with Gasteiger partial charge in [-0.1, -0.05) is 43.0 Å². The molecule has 25 heavy (non-hydrogen) atoms. The number of carbonyl (C=O) groups is 1. The molecule has 2 heteroatoms. The maximum Gasteiger partial charge on any atom is 0.248 e. The molecule has 0 aliphatic heterocycles. The standard InChI is InChI=1S/C23H25NO/c1-3-20-14-12-18(10-11-19-7-4-6-17(2)16-19)13-15-22(20)23(25)24-21-8-5-9-21/h4,6-7,12-16,20-21H,3,5,8-9H2,1-2H3,(H,24,25). The van der Waals surface area contributed by atoms with Gasteiger partial charge in [0.2, 0.25) is 5.91 Å². The highest BCUT2D eigenvalue weighted by Gasteiger charge is 2.24. The Kier molecular flexibility index (Phi) is 5.56. The average Bonchev–Trinajstić information content (AvgIpc) is 2.78. The highest BCUT2D eigenvalue weighted by molar-refractivity contribution is 5.95. The molecule has 2 aliphatic rings. The van der Waals surface area contributed by atoms with Gasteiger partial charge in [-0.2, -0.15) is 0 Å². The van der Waals surface area contributed by atoms with Gasteiger partial charge in [0.05, 0.1) is 0 Å². The number of hydrogen-bond acceptors (Lipinski definition) is 1. The number of carbonyl (C=O) groups excluding carboxylic acids is 1. The minimum Gasteiger partial charge on any atom is -0.350 e. The summed E-state index contributed by atoms with van der Waals surface area (Å²) in [4.78, 5) is 12.6. The van der Waals surface area contributed by atoms with Gasteiger partial charge in [-0.05, 0) is 62.5 Å². The molecule has 0 bridgehead atoms. The van der Waals surface area contributed by atoms with Crippen molar-refractivity contribution in [3.05, 3.63) is 70.8 Å². The third kappa shape index (κ3) is 4.51. The van der Waals surface area contributed by atoms with Gasteiger partial charge < -0.3 is 5.32 Å². The predicted molar refractivity (Wildman–Crippen MR) is 103 cm³/mol. The molecule has 1 atom stereocenters. The molecule has 2 aliphatic carbocycles. The summed E-state index contributed by atoms with van der Waals surface area (Å²) in [5.74, 6) is 6.65. The van der Waals surface area contributed by atoms with Crippen LogP contribution >= 0.6 is 0 Å². The number of hydrogen-bond donors (Lipinski definition) is 1. The molecule has 3 rings (SSSR count). The molecule has 1 N–H and O–H groups in total. The van der Waals surface area contributed by atoms with Crippen LogP contribution in [0.3, 0.4) is 0 Å². The maximum atomic E-state index is 12.6. The molecule has 0 heterocycles. The van der Waals surface area contributed by atoms with Crippen LogP contribution in [-0.2, 0) is 4.79 Å². The number of amides is 1. The van der Waals surface area contributed by atoms with Gasteiger partial charge in [-0.15, -0.1) is 0 Å². The van der Waals surface area contributed by atoms with Gasteiger partial charge in [0.15, 0.2) is 0 Å². The topological polar surface area (TPSA) is 29.1 Å². The molecule has 0 aromatic heterocycles. The SMILES string of the molecule is CCC1C=CC(C#Cc2cccc(C)c2)=CC=C1C(=O)NC1CCC1. The third-order valence-electron chi connectivity index (χ3n) is 4.86. The lowest BCUT2D eigenvalue weighted by Crippen LogP contribution is -2.41. The van der Waals surface area contributed by atoms with Gasteiger partial charge in [-0.3, -0.25) is 4.79 Å². The van der Waals surface area contributed by atoms with Crippen LogP contribution < -0.4 is 5.32 Å². The molecule has 128 valence electrons. The van der Waals surface area contributed by atoms with Crippen molar-refractivity contribution in [1.29, 1.82) is 0 Å². The lowest BCUT2D eigenvalue weighted by Gasteiger charge is -2.27. The highest BCUT2D eigenvalue weighted by Crippen LogP contribution is 2.24. The normalized spacial score (nSPS) is 19.7. The Morgan fingerprint density at radius 2 is 2.08 bits per heavy atom. The molecular weight excluding hydrogens is 306 g/mol. The zero-order valence-electron chi connectivity index (χ0n) is 15.0. The fourth-order valence-corrected chi connectivity index (χ4v) is 3.05. The van der Waals surface area contributed by atoms with E-state index in [9.17, 15) is 4.79 Å². The summed E-state index contributed by atoms with van der Waals surface area (Å²) in [7, 11) is 0. The van der Waals surface area contributed by atoms with E-state index in [2.05, 4.69) is 49.2 Å². The molecule has 1 amide bonds. The van der Waals surface area contributed by atoms with Gasteiger partial charge in [0.1, 0.15) is 0 Å². The number of aryl methyl sites for hydroxylation is 1.